The molecule has 3 rings (SSSR count). The Morgan fingerprint density at radius 3 is 2.44 bits per heavy atom. The molecule has 1 atom stereocenters. The van der Waals surface area contributed by atoms with Gasteiger partial charge >= 0.3 is 5.97 Å². The Balaban J connectivity index is 1.72. The summed E-state index contributed by atoms with van der Waals surface area (Å²) in [4.78, 5) is 12.2. The second-order valence-electron chi connectivity index (χ2n) is 7.06. The van der Waals surface area contributed by atoms with E-state index in [4.69, 9.17) is 4.74 Å². The van der Waals surface area contributed by atoms with Crippen molar-refractivity contribution in [3.05, 3.63) is 47.5 Å². The van der Waals surface area contributed by atoms with E-state index in [2.05, 4.69) is 0 Å². The molecule has 1 unspecified atom stereocenters. The van der Waals surface area contributed by atoms with E-state index in [0.717, 1.165) is 32.1 Å². The van der Waals surface area contributed by atoms with Crippen LogP contribution in [0.25, 0.3) is 0 Å². The van der Waals surface area contributed by atoms with Crippen LogP contribution in [-0.2, 0) is 16.1 Å². The third-order valence-electron chi connectivity index (χ3n) is 5.31. The van der Waals surface area contributed by atoms with Crippen LogP contribution in [-0.4, -0.2) is 17.6 Å². The summed E-state index contributed by atoms with van der Waals surface area (Å²) < 4.78 is 48.6. The van der Waals surface area contributed by atoms with Gasteiger partial charge < -0.3 is 4.74 Å². The third-order valence-corrected chi connectivity index (χ3v) is 5.31. The molecule has 2 aliphatic carbocycles. The summed E-state index contributed by atoms with van der Waals surface area (Å²) in [6, 6.07) is 8.68. The largest absolute Gasteiger partial charge is 0.458 e. The van der Waals surface area contributed by atoms with Crippen LogP contribution in [0.15, 0.2) is 42.0 Å². The number of ether oxygens (including phenoxy) is 1. The number of alkyl halides is 3. The first-order valence-electron chi connectivity index (χ1n) is 8.89. The van der Waals surface area contributed by atoms with Crippen LogP contribution in [0.1, 0.15) is 50.5 Å². The standard InChI is InChI=1S/C20H23F3O2/c21-19(18(24)25-14-15-7-3-1-4-8-15)13-17(11-12-20(19,22)23)16-9-5-2-6-10-16/h1,3-4,7-8,11,16H,2,5-6,9-10,12-14H2. The molecule has 0 heterocycles. The number of esters is 1. The molecule has 1 fully saturated rings. The van der Waals surface area contributed by atoms with E-state index in [-0.39, 0.29) is 12.5 Å². The Morgan fingerprint density at radius 1 is 1.08 bits per heavy atom. The van der Waals surface area contributed by atoms with E-state index in [1.807, 2.05) is 0 Å². The molecule has 0 N–H and O–H groups in total. The van der Waals surface area contributed by atoms with Crippen molar-refractivity contribution in [1.82, 2.24) is 0 Å². The van der Waals surface area contributed by atoms with Crippen molar-refractivity contribution < 1.29 is 22.7 Å². The zero-order valence-corrected chi connectivity index (χ0v) is 14.1. The number of hydrogen-bond donors (Lipinski definition) is 0. The highest BCUT2D eigenvalue weighted by Crippen LogP contribution is 2.48. The average molecular weight is 352 g/mol. The molecular formula is C20H23F3O2. The molecular weight excluding hydrogens is 329 g/mol. The fraction of sp³-hybridized carbons (Fsp3) is 0.550. The molecule has 0 bridgehead atoms. The lowest BCUT2D eigenvalue weighted by molar-refractivity contribution is -0.193. The third kappa shape index (κ3) is 3.75. The van der Waals surface area contributed by atoms with Crippen LogP contribution in [0.4, 0.5) is 13.2 Å². The summed E-state index contributed by atoms with van der Waals surface area (Å²) in [6.07, 6.45) is 5.08. The molecule has 5 heteroatoms. The molecule has 1 aromatic carbocycles. The maximum atomic E-state index is 15.2. The minimum Gasteiger partial charge on any atom is -0.458 e. The first kappa shape index (κ1) is 18.0. The van der Waals surface area contributed by atoms with Gasteiger partial charge in [-0.3, -0.25) is 0 Å². The van der Waals surface area contributed by atoms with E-state index in [1.54, 1.807) is 30.3 Å². The van der Waals surface area contributed by atoms with E-state index < -0.39 is 30.4 Å². The van der Waals surface area contributed by atoms with Crippen molar-refractivity contribution in [3.8, 4) is 0 Å². The molecule has 136 valence electrons. The molecule has 25 heavy (non-hydrogen) atoms. The van der Waals surface area contributed by atoms with E-state index in [0.29, 0.717) is 11.1 Å². The summed E-state index contributed by atoms with van der Waals surface area (Å²) in [6.45, 7) is -0.204. The van der Waals surface area contributed by atoms with Crippen molar-refractivity contribution in [2.24, 2.45) is 5.92 Å². The topological polar surface area (TPSA) is 26.3 Å². The van der Waals surface area contributed by atoms with Gasteiger partial charge in [-0.25, -0.2) is 18.0 Å². The molecule has 2 nitrogen and oxygen atoms in total. The van der Waals surface area contributed by atoms with Crippen LogP contribution in [0, 0.1) is 5.92 Å². The second-order valence-corrected chi connectivity index (χ2v) is 7.06. The van der Waals surface area contributed by atoms with Gasteiger partial charge in [-0.1, -0.05) is 61.2 Å². The lowest BCUT2D eigenvalue weighted by atomic mass is 9.74. The molecule has 0 aromatic heterocycles. The SMILES string of the molecule is O=C(OCc1ccccc1)C1(F)CC(C2CCCCC2)=CCC1(F)F. The highest BCUT2D eigenvalue weighted by Gasteiger charge is 2.63. The lowest BCUT2D eigenvalue weighted by Gasteiger charge is -2.38. The molecule has 0 saturated heterocycles. The van der Waals surface area contributed by atoms with E-state index in [9.17, 15) is 13.6 Å². The summed E-state index contributed by atoms with van der Waals surface area (Å²) in [7, 11) is 0. The van der Waals surface area contributed by atoms with Gasteiger partial charge in [-0.15, -0.1) is 0 Å². The normalized spacial score (nSPS) is 26.8. The van der Waals surface area contributed by atoms with Gasteiger partial charge in [-0.05, 0) is 24.3 Å². The fourth-order valence-electron chi connectivity index (χ4n) is 3.75. The highest BCUT2D eigenvalue weighted by molar-refractivity contribution is 5.82. The van der Waals surface area contributed by atoms with Gasteiger partial charge in [0.2, 0.25) is 0 Å². The van der Waals surface area contributed by atoms with Gasteiger partial charge in [-0.2, -0.15) is 0 Å². The monoisotopic (exact) mass is 352 g/mol. The number of carbonyl (C=O) groups excluding carboxylic acids is 1. The Labute approximate surface area is 146 Å². The molecule has 1 aromatic rings. The van der Waals surface area contributed by atoms with Gasteiger partial charge in [0.1, 0.15) is 6.61 Å². The van der Waals surface area contributed by atoms with Crippen LogP contribution in [0.2, 0.25) is 0 Å². The van der Waals surface area contributed by atoms with Crippen LogP contribution >= 0.6 is 0 Å². The van der Waals surface area contributed by atoms with Crippen molar-refractivity contribution >= 4 is 5.97 Å². The van der Waals surface area contributed by atoms with Crippen molar-refractivity contribution in [2.45, 2.75) is 63.1 Å². The van der Waals surface area contributed by atoms with Gasteiger partial charge in [0, 0.05) is 12.8 Å². The maximum Gasteiger partial charge on any atom is 0.351 e. The van der Waals surface area contributed by atoms with Crippen LogP contribution in [0.5, 0.6) is 0 Å². The van der Waals surface area contributed by atoms with E-state index >= 15 is 4.39 Å². The minimum absolute atomic E-state index is 0.113. The van der Waals surface area contributed by atoms with Crippen LogP contribution in [0.3, 0.4) is 0 Å². The molecule has 0 radical (unpaired) electrons. The number of halogens is 3. The Hall–Kier alpha value is -1.78. The fourth-order valence-corrected chi connectivity index (χ4v) is 3.75. The van der Waals surface area contributed by atoms with Crippen molar-refractivity contribution in [3.63, 3.8) is 0 Å². The number of benzene rings is 1. The highest BCUT2D eigenvalue weighted by atomic mass is 19.3. The molecule has 2 aliphatic rings. The molecule has 1 saturated carbocycles. The summed E-state index contributed by atoms with van der Waals surface area (Å²) in [5.41, 5.74) is -1.98. The summed E-state index contributed by atoms with van der Waals surface area (Å²) >= 11 is 0. The predicted molar refractivity (Wildman–Crippen MR) is 88.9 cm³/mol. The van der Waals surface area contributed by atoms with Crippen molar-refractivity contribution in [2.75, 3.05) is 0 Å². The number of hydrogen-bond acceptors (Lipinski definition) is 2. The quantitative estimate of drug-likeness (QED) is 0.538. The van der Waals surface area contributed by atoms with Crippen LogP contribution < -0.4 is 0 Å². The summed E-state index contributed by atoms with van der Waals surface area (Å²) in [5.74, 6) is -5.08. The predicted octanol–water partition coefficient (Wildman–Crippen LogP) is 5.37. The Morgan fingerprint density at radius 2 is 1.76 bits per heavy atom. The minimum atomic E-state index is -3.74. The zero-order valence-electron chi connectivity index (χ0n) is 14.1. The first-order chi connectivity index (χ1) is 11.9. The zero-order chi connectivity index (χ0) is 17.9. The smallest absolute Gasteiger partial charge is 0.351 e. The lowest BCUT2D eigenvalue weighted by Crippen LogP contribution is -2.53. The van der Waals surface area contributed by atoms with Gasteiger partial charge in [0.25, 0.3) is 11.6 Å². The maximum absolute atomic E-state index is 15.2. The van der Waals surface area contributed by atoms with Crippen molar-refractivity contribution in [1.29, 1.82) is 0 Å². The number of allylic oxidation sites excluding steroid dienone is 2. The number of carbonyl (C=O) groups is 1. The second kappa shape index (κ2) is 7.22. The van der Waals surface area contributed by atoms with Gasteiger partial charge in [0.05, 0.1) is 0 Å². The summed E-state index contributed by atoms with van der Waals surface area (Å²) in [5, 5.41) is 0. The molecule has 0 spiro atoms. The Kier molecular flexibility index (Phi) is 5.21. The van der Waals surface area contributed by atoms with Gasteiger partial charge in [0.15, 0.2) is 0 Å². The number of rotatable bonds is 4. The first-order valence-corrected chi connectivity index (χ1v) is 8.89. The van der Waals surface area contributed by atoms with E-state index in [1.165, 1.54) is 6.08 Å². The molecule has 0 aliphatic heterocycles. The average Bonchev–Trinajstić information content (AvgIpc) is 2.63. The molecule has 0 amide bonds. The Bertz CT molecular complexity index is 636.